The summed E-state index contributed by atoms with van der Waals surface area (Å²) in [7, 11) is 1.33. The van der Waals surface area contributed by atoms with Gasteiger partial charge >= 0.3 is 12.0 Å². The van der Waals surface area contributed by atoms with Crippen LogP contribution in [0.15, 0.2) is 23.0 Å². The van der Waals surface area contributed by atoms with Gasteiger partial charge in [0.2, 0.25) is 0 Å². The SMILES string of the molecule is COC(=O)CCNC(=O)N1CC2C[C@H](C1)c1cccc(=O)n1C2. The van der Waals surface area contributed by atoms with Crippen LogP contribution in [0, 0.1) is 5.92 Å². The molecule has 0 saturated carbocycles. The van der Waals surface area contributed by atoms with E-state index in [0.717, 1.165) is 12.1 Å². The molecule has 0 aromatic carbocycles. The first-order valence-electron chi connectivity index (χ1n) is 7.88. The van der Waals surface area contributed by atoms with Crippen molar-refractivity contribution < 1.29 is 14.3 Å². The number of amides is 2. The average Bonchev–Trinajstić information content (AvgIpc) is 2.55. The van der Waals surface area contributed by atoms with Gasteiger partial charge in [-0.1, -0.05) is 6.07 Å². The minimum Gasteiger partial charge on any atom is -0.469 e. The van der Waals surface area contributed by atoms with E-state index in [1.165, 1.54) is 7.11 Å². The van der Waals surface area contributed by atoms with E-state index in [4.69, 9.17) is 0 Å². The highest BCUT2D eigenvalue weighted by Crippen LogP contribution is 2.34. The van der Waals surface area contributed by atoms with E-state index in [0.29, 0.717) is 25.6 Å². The second-order valence-corrected chi connectivity index (χ2v) is 6.16. The number of carbonyl (C=O) groups is 2. The number of pyridine rings is 1. The van der Waals surface area contributed by atoms with Crippen LogP contribution in [0.25, 0.3) is 0 Å². The first kappa shape index (κ1) is 15.6. The van der Waals surface area contributed by atoms with Crippen molar-refractivity contribution in [2.24, 2.45) is 5.92 Å². The first-order valence-corrected chi connectivity index (χ1v) is 7.88. The third-order valence-corrected chi connectivity index (χ3v) is 4.60. The number of urea groups is 1. The summed E-state index contributed by atoms with van der Waals surface area (Å²) < 4.78 is 6.39. The van der Waals surface area contributed by atoms with E-state index < -0.39 is 0 Å². The normalized spacial score (nSPS) is 22.2. The molecule has 2 aliphatic rings. The maximum atomic E-state index is 12.3. The lowest BCUT2D eigenvalue weighted by Gasteiger charge is -2.42. The van der Waals surface area contributed by atoms with Crippen LogP contribution in [0.5, 0.6) is 0 Å². The molecule has 3 heterocycles. The molecule has 7 heteroatoms. The fourth-order valence-corrected chi connectivity index (χ4v) is 3.55. The Morgan fingerprint density at radius 2 is 2.13 bits per heavy atom. The Morgan fingerprint density at radius 3 is 2.91 bits per heavy atom. The van der Waals surface area contributed by atoms with Crippen molar-refractivity contribution in [2.75, 3.05) is 26.7 Å². The van der Waals surface area contributed by atoms with E-state index in [-0.39, 0.29) is 36.4 Å². The molecule has 2 bridgehead atoms. The summed E-state index contributed by atoms with van der Waals surface area (Å²) in [5, 5.41) is 2.76. The second-order valence-electron chi connectivity index (χ2n) is 6.16. The highest BCUT2D eigenvalue weighted by atomic mass is 16.5. The van der Waals surface area contributed by atoms with Crippen LogP contribution in [-0.4, -0.2) is 48.2 Å². The number of methoxy groups -OCH3 is 1. The molecule has 2 atom stereocenters. The predicted octanol–water partition coefficient (Wildman–Crippen LogP) is 0.540. The number of fused-ring (bicyclic) bond motifs is 4. The van der Waals surface area contributed by atoms with Crippen molar-refractivity contribution in [1.29, 1.82) is 0 Å². The molecule has 1 unspecified atom stereocenters. The van der Waals surface area contributed by atoms with Crippen LogP contribution >= 0.6 is 0 Å². The highest BCUT2D eigenvalue weighted by molar-refractivity contribution is 5.75. The molecule has 0 aliphatic carbocycles. The summed E-state index contributed by atoms with van der Waals surface area (Å²) in [4.78, 5) is 37.1. The number of nitrogens with zero attached hydrogens (tertiary/aromatic N) is 2. The lowest BCUT2D eigenvalue weighted by Crippen LogP contribution is -2.52. The zero-order valence-corrected chi connectivity index (χ0v) is 13.2. The zero-order valence-electron chi connectivity index (χ0n) is 13.2. The standard InChI is InChI=1S/C16H21N3O4/c1-23-15(21)5-6-17-16(22)18-8-11-7-12(10-18)13-3-2-4-14(20)19(13)9-11/h2-4,11-12H,5-10H2,1H3,(H,17,22)/t11?,12-/m1/s1. The maximum Gasteiger partial charge on any atom is 0.317 e. The van der Waals surface area contributed by atoms with Crippen molar-refractivity contribution >= 4 is 12.0 Å². The molecule has 124 valence electrons. The van der Waals surface area contributed by atoms with E-state index in [2.05, 4.69) is 10.1 Å². The van der Waals surface area contributed by atoms with Gasteiger partial charge in [-0.2, -0.15) is 0 Å². The molecule has 0 radical (unpaired) electrons. The molecular weight excluding hydrogens is 298 g/mol. The number of hydrogen-bond donors (Lipinski definition) is 1. The fourth-order valence-electron chi connectivity index (χ4n) is 3.55. The Labute approximate surface area is 134 Å². The van der Waals surface area contributed by atoms with Crippen LogP contribution in [0.3, 0.4) is 0 Å². The maximum absolute atomic E-state index is 12.3. The van der Waals surface area contributed by atoms with Gasteiger partial charge in [-0.15, -0.1) is 0 Å². The van der Waals surface area contributed by atoms with E-state index in [1.54, 1.807) is 17.0 Å². The van der Waals surface area contributed by atoms with Crippen LogP contribution in [0.4, 0.5) is 4.79 Å². The van der Waals surface area contributed by atoms with E-state index in [9.17, 15) is 14.4 Å². The third kappa shape index (κ3) is 3.23. The number of rotatable bonds is 3. The smallest absolute Gasteiger partial charge is 0.317 e. The molecule has 2 aliphatic heterocycles. The zero-order chi connectivity index (χ0) is 16.4. The summed E-state index contributed by atoms with van der Waals surface area (Å²) in [5.41, 5.74) is 1.05. The summed E-state index contributed by atoms with van der Waals surface area (Å²) in [6.45, 7) is 2.18. The van der Waals surface area contributed by atoms with Crippen molar-refractivity contribution in [3.8, 4) is 0 Å². The van der Waals surface area contributed by atoms with Crippen LogP contribution in [-0.2, 0) is 16.1 Å². The van der Waals surface area contributed by atoms with E-state index in [1.807, 2.05) is 10.6 Å². The van der Waals surface area contributed by atoms with Gasteiger partial charge < -0.3 is 19.5 Å². The predicted molar refractivity (Wildman–Crippen MR) is 83.2 cm³/mol. The first-order chi connectivity index (χ1) is 11.1. The minimum atomic E-state index is -0.339. The summed E-state index contributed by atoms with van der Waals surface area (Å²) in [6.07, 6.45) is 1.18. The van der Waals surface area contributed by atoms with Gasteiger partial charge in [-0.05, 0) is 18.4 Å². The number of piperidine rings is 1. The van der Waals surface area contributed by atoms with Crippen LogP contribution in [0.1, 0.15) is 24.5 Å². The van der Waals surface area contributed by atoms with Gasteiger partial charge in [0.15, 0.2) is 0 Å². The van der Waals surface area contributed by atoms with Crippen molar-refractivity contribution in [2.45, 2.75) is 25.3 Å². The molecule has 23 heavy (non-hydrogen) atoms. The molecule has 7 nitrogen and oxygen atoms in total. The van der Waals surface area contributed by atoms with Gasteiger partial charge in [0.25, 0.3) is 5.56 Å². The van der Waals surface area contributed by atoms with Crippen molar-refractivity contribution in [3.63, 3.8) is 0 Å². The molecule has 1 aromatic heterocycles. The second kappa shape index (κ2) is 6.44. The molecule has 1 saturated heterocycles. The number of esters is 1. The lowest BCUT2D eigenvalue weighted by atomic mass is 9.83. The Bertz CT molecular complexity index is 670. The summed E-state index contributed by atoms with van der Waals surface area (Å²) in [6, 6.07) is 5.18. The van der Waals surface area contributed by atoms with Crippen LogP contribution in [0.2, 0.25) is 0 Å². The van der Waals surface area contributed by atoms with Crippen molar-refractivity contribution in [3.05, 3.63) is 34.2 Å². The molecular formula is C16H21N3O4. The molecule has 1 N–H and O–H groups in total. The largest absolute Gasteiger partial charge is 0.469 e. The Balaban J connectivity index is 1.64. The number of likely N-dealkylation sites (tertiary alicyclic amines) is 1. The molecule has 0 spiro atoms. The number of hydrogen-bond acceptors (Lipinski definition) is 4. The number of aromatic nitrogens is 1. The van der Waals surface area contributed by atoms with Gasteiger partial charge in [-0.3, -0.25) is 9.59 Å². The third-order valence-electron chi connectivity index (χ3n) is 4.60. The Hall–Kier alpha value is -2.31. The number of carbonyl (C=O) groups excluding carboxylic acids is 2. The summed E-state index contributed by atoms with van der Waals surface area (Å²) >= 11 is 0. The van der Waals surface area contributed by atoms with Gasteiger partial charge in [0.1, 0.15) is 0 Å². The minimum absolute atomic E-state index is 0.0354. The lowest BCUT2D eigenvalue weighted by molar-refractivity contribution is -0.140. The van der Waals surface area contributed by atoms with E-state index >= 15 is 0 Å². The van der Waals surface area contributed by atoms with Crippen molar-refractivity contribution in [1.82, 2.24) is 14.8 Å². The topological polar surface area (TPSA) is 80.6 Å². The average molecular weight is 319 g/mol. The Kier molecular flexibility index (Phi) is 4.36. The fraction of sp³-hybridized carbons (Fsp3) is 0.562. The molecule has 3 rings (SSSR count). The molecule has 2 amide bonds. The quantitative estimate of drug-likeness (QED) is 0.825. The number of ether oxygens (including phenoxy) is 1. The highest BCUT2D eigenvalue weighted by Gasteiger charge is 2.36. The molecule has 1 fully saturated rings. The summed E-state index contributed by atoms with van der Waals surface area (Å²) in [5.74, 6) is 0.157. The Morgan fingerprint density at radius 1 is 1.30 bits per heavy atom. The van der Waals surface area contributed by atoms with Gasteiger partial charge in [-0.25, -0.2) is 4.79 Å². The van der Waals surface area contributed by atoms with Gasteiger partial charge in [0.05, 0.1) is 13.5 Å². The van der Waals surface area contributed by atoms with Gasteiger partial charge in [0, 0.05) is 43.9 Å². The molecule has 1 aromatic rings. The monoisotopic (exact) mass is 319 g/mol. The number of nitrogens with one attached hydrogen (secondary N) is 1. The van der Waals surface area contributed by atoms with Crippen LogP contribution < -0.4 is 10.9 Å².